The van der Waals surface area contributed by atoms with Gasteiger partial charge in [-0.1, -0.05) is 12.1 Å². The highest BCUT2D eigenvalue weighted by Gasteiger charge is 2.25. The molecule has 1 N–H and O–H groups in total. The summed E-state index contributed by atoms with van der Waals surface area (Å²) in [5, 5.41) is 6.87. The summed E-state index contributed by atoms with van der Waals surface area (Å²) in [6.07, 6.45) is 1.63. The minimum absolute atomic E-state index is 0.00645. The van der Waals surface area contributed by atoms with E-state index >= 15 is 0 Å². The first-order valence-corrected chi connectivity index (χ1v) is 8.67. The summed E-state index contributed by atoms with van der Waals surface area (Å²) in [7, 11) is 0. The number of hydrogen-bond acceptors (Lipinski definition) is 4. The molecule has 0 aliphatic carbocycles. The Labute approximate surface area is 131 Å². The molecule has 0 radical (unpaired) electrons. The average molecular weight is 320 g/mol. The zero-order chi connectivity index (χ0) is 14.7. The number of thiophene rings is 2. The van der Waals surface area contributed by atoms with Gasteiger partial charge < -0.3 is 10.2 Å². The van der Waals surface area contributed by atoms with Gasteiger partial charge in [-0.15, -0.1) is 22.7 Å². The molecule has 2 amide bonds. The summed E-state index contributed by atoms with van der Waals surface area (Å²) in [4.78, 5) is 27.6. The van der Waals surface area contributed by atoms with E-state index in [-0.39, 0.29) is 17.9 Å². The van der Waals surface area contributed by atoms with E-state index in [9.17, 15) is 9.59 Å². The van der Waals surface area contributed by atoms with Gasteiger partial charge in [0.05, 0.1) is 9.75 Å². The lowest BCUT2D eigenvalue weighted by atomic mass is 10.0. The van der Waals surface area contributed by atoms with Crippen LogP contribution in [0.15, 0.2) is 35.0 Å². The molecular weight excluding hydrogens is 304 g/mol. The van der Waals surface area contributed by atoms with E-state index in [4.69, 9.17) is 0 Å². The first-order chi connectivity index (χ1) is 10.2. The summed E-state index contributed by atoms with van der Waals surface area (Å²) in [5.74, 6) is 0.0982. The van der Waals surface area contributed by atoms with Crippen LogP contribution in [0.5, 0.6) is 0 Å². The van der Waals surface area contributed by atoms with Crippen molar-refractivity contribution in [3.8, 4) is 0 Å². The summed E-state index contributed by atoms with van der Waals surface area (Å²) in [5.41, 5.74) is 0. The molecule has 0 atom stereocenters. The molecule has 1 aliphatic rings. The van der Waals surface area contributed by atoms with Gasteiger partial charge in [0.15, 0.2) is 0 Å². The van der Waals surface area contributed by atoms with Gasteiger partial charge >= 0.3 is 0 Å². The first-order valence-electron chi connectivity index (χ1n) is 6.91. The molecule has 6 heteroatoms. The lowest BCUT2D eigenvalue weighted by Crippen LogP contribution is -2.46. The maximum atomic E-state index is 12.2. The Hall–Kier alpha value is -1.66. The Kier molecular flexibility index (Phi) is 4.36. The number of nitrogens with one attached hydrogen (secondary N) is 1. The Morgan fingerprint density at radius 3 is 2.24 bits per heavy atom. The highest BCUT2D eigenvalue weighted by molar-refractivity contribution is 7.12. The van der Waals surface area contributed by atoms with Gasteiger partial charge in [-0.2, -0.15) is 0 Å². The van der Waals surface area contributed by atoms with Crippen molar-refractivity contribution in [1.82, 2.24) is 10.2 Å². The van der Waals surface area contributed by atoms with Crippen LogP contribution in [-0.4, -0.2) is 35.8 Å². The number of amides is 2. The minimum atomic E-state index is -0.00645. The van der Waals surface area contributed by atoms with Crippen LogP contribution in [0.2, 0.25) is 0 Å². The van der Waals surface area contributed by atoms with Gasteiger partial charge in [0.2, 0.25) is 0 Å². The van der Waals surface area contributed by atoms with Crippen molar-refractivity contribution in [2.45, 2.75) is 18.9 Å². The number of hydrogen-bond donors (Lipinski definition) is 1. The fourth-order valence-corrected chi connectivity index (χ4v) is 3.76. The predicted molar refractivity (Wildman–Crippen MR) is 85.0 cm³/mol. The van der Waals surface area contributed by atoms with Gasteiger partial charge in [-0.3, -0.25) is 9.59 Å². The second kappa shape index (κ2) is 6.41. The van der Waals surface area contributed by atoms with E-state index in [1.54, 1.807) is 0 Å². The zero-order valence-corrected chi connectivity index (χ0v) is 13.1. The molecule has 1 fully saturated rings. The Balaban J connectivity index is 1.51. The van der Waals surface area contributed by atoms with Gasteiger partial charge in [0, 0.05) is 19.1 Å². The molecule has 3 heterocycles. The third-order valence-corrected chi connectivity index (χ3v) is 5.32. The number of rotatable bonds is 3. The molecular formula is C15H16N2O2S2. The maximum absolute atomic E-state index is 12.2. The van der Waals surface area contributed by atoms with Crippen molar-refractivity contribution in [2.75, 3.05) is 13.1 Å². The Morgan fingerprint density at radius 2 is 1.67 bits per heavy atom. The van der Waals surface area contributed by atoms with Crippen LogP contribution in [0, 0.1) is 0 Å². The van der Waals surface area contributed by atoms with Crippen LogP contribution < -0.4 is 5.32 Å². The van der Waals surface area contributed by atoms with Crippen LogP contribution in [0.3, 0.4) is 0 Å². The van der Waals surface area contributed by atoms with Crippen LogP contribution in [0.25, 0.3) is 0 Å². The van der Waals surface area contributed by atoms with E-state index in [1.807, 2.05) is 39.9 Å². The number of carbonyl (C=O) groups excluding carboxylic acids is 2. The van der Waals surface area contributed by atoms with E-state index in [1.165, 1.54) is 22.7 Å². The normalized spacial score (nSPS) is 15.9. The second-order valence-corrected chi connectivity index (χ2v) is 6.89. The van der Waals surface area contributed by atoms with E-state index in [2.05, 4.69) is 5.32 Å². The van der Waals surface area contributed by atoms with Crippen LogP contribution in [0.1, 0.15) is 32.2 Å². The summed E-state index contributed by atoms with van der Waals surface area (Å²) in [6, 6.07) is 7.62. The van der Waals surface area contributed by atoms with Crippen LogP contribution in [-0.2, 0) is 0 Å². The zero-order valence-electron chi connectivity index (χ0n) is 11.5. The lowest BCUT2D eigenvalue weighted by molar-refractivity contribution is 0.0703. The van der Waals surface area contributed by atoms with Crippen molar-refractivity contribution < 1.29 is 9.59 Å². The highest BCUT2D eigenvalue weighted by Crippen LogP contribution is 2.18. The molecule has 0 aromatic carbocycles. The molecule has 1 aliphatic heterocycles. The van der Waals surface area contributed by atoms with Gasteiger partial charge in [0.1, 0.15) is 0 Å². The lowest BCUT2D eigenvalue weighted by Gasteiger charge is -2.32. The molecule has 3 rings (SSSR count). The molecule has 0 spiro atoms. The summed E-state index contributed by atoms with van der Waals surface area (Å²) < 4.78 is 0. The quantitative estimate of drug-likeness (QED) is 0.945. The SMILES string of the molecule is O=C(NC1CCN(C(=O)c2cccs2)CC1)c1cccs1. The molecule has 0 bridgehead atoms. The summed E-state index contributed by atoms with van der Waals surface area (Å²) >= 11 is 2.92. The standard InChI is InChI=1S/C15H16N2O2S2/c18-14(12-3-1-9-20-12)16-11-5-7-17(8-6-11)15(19)13-4-2-10-21-13/h1-4,9-11H,5-8H2,(H,16,18). The van der Waals surface area contributed by atoms with Crippen molar-refractivity contribution in [1.29, 1.82) is 0 Å². The fourth-order valence-electron chi connectivity index (χ4n) is 2.45. The summed E-state index contributed by atoms with van der Waals surface area (Å²) in [6.45, 7) is 1.40. The van der Waals surface area contributed by atoms with Crippen molar-refractivity contribution in [3.63, 3.8) is 0 Å². The van der Waals surface area contributed by atoms with E-state index < -0.39 is 0 Å². The maximum Gasteiger partial charge on any atom is 0.263 e. The third-order valence-electron chi connectivity index (χ3n) is 3.59. The van der Waals surface area contributed by atoms with Gasteiger partial charge in [-0.25, -0.2) is 0 Å². The fraction of sp³-hybridized carbons (Fsp3) is 0.333. The molecule has 110 valence electrons. The van der Waals surface area contributed by atoms with Crippen molar-refractivity contribution in [2.24, 2.45) is 0 Å². The molecule has 0 unspecified atom stereocenters. The predicted octanol–water partition coefficient (Wildman–Crippen LogP) is 2.84. The molecule has 2 aromatic rings. The number of likely N-dealkylation sites (tertiary alicyclic amines) is 1. The first kappa shape index (κ1) is 14.3. The largest absolute Gasteiger partial charge is 0.348 e. The topological polar surface area (TPSA) is 49.4 Å². The Bertz CT molecular complexity index is 600. The van der Waals surface area contributed by atoms with Gasteiger partial charge in [0.25, 0.3) is 11.8 Å². The number of piperidine rings is 1. The molecule has 21 heavy (non-hydrogen) atoms. The molecule has 2 aromatic heterocycles. The van der Waals surface area contributed by atoms with Crippen molar-refractivity contribution in [3.05, 3.63) is 44.8 Å². The van der Waals surface area contributed by atoms with E-state index in [0.29, 0.717) is 13.1 Å². The molecule has 4 nitrogen and oxygen atoms in total. The number of carbonyl (C=O) groups is 2. The molecule has 0 saturated carbocycles. The highest BCUT2D eigenvalue weighted by atomic mass is 32.1. The van der Waals surface area contributed by atoms with E-state index in [0.717, 1.165) is 22.6 Å². The number of nitrogens with zero attached hydrogens (tertiary/aromatic N) is 1. The van der Waals surface area contributed by atoms with Crippen LogP contribution in [0.4, 0.5) is 0 Å². The minimum Gasteiger partial charge on any atom is -0.348 e. The average Bonchev–Trinajstić information content (AvgIpc) is 3.20. The Morgan fingerprint density at radius 1 is 1.05 bits per heavy atom. The van der Waals surface area contributed by atoms with Crippen molar-refractivity contribution >= 4 is 34.5 Å². The second-order valence-electron chi connectivity index (χ2n) is 4.99. The van der Waals surface area contributed by atoms with Crippen LogP contribution >= 0.6 is 22.7 Å². The monoisotopic (exact) mass is 320 g/mol. The molecule has 1 saturated heterocycles. The van der Waals surface area contributed by atoms with Gasteiger partial charge in [-0.05, 0) is 35.7 Å². The smallest absolute Gasteiger partial charge is 0.263 e. The third kappa shape index (κ3) is 3.33.